The maximum atomic E-state index is 11.6. The van der Waals surface area contributed by atoms with Crippen molar-refractivity contribution in [1.82, 2.24) is 10.2 Å². The number of nitrogens with zero attached hydrogens (tertiary/aromatic N) is 1. The van der Waals surface area contributed by atoms with Crippen LogP contribution < -0.4 is 5.73 Å². The number of fused-ring (bicyclic) bond motifs is 6. The Morgan fingerprint density at radius 3 is 2.10 bits per heavy atom. The fourth-order valence-electron chi connectivity index (χ4n) is 2.85. The van der Waals surface area contributed by atoms with Crippen molar-refractivity contribution in [3.05, 3.63) is 54.2 Å². The van der Waals surface area contributed by atoms with Crippen molar-refractivity contribution in [2.24, 2.45) is 5.73 Å². The quantitative estimate of drug-likeness (QED) is 0.517. The van der Waals surface area contributed by atoms with Crippen LogP contribution in [-0.4, -0.2) is 16.1 Å². The number of primary amides is 1. The highest BCUT2D eigenvalue weighted by Crippen LogP contribution is 2.35. The molecule has 3 N–H and O–H groups in total. The summed E-state index contributed by atoms with van der Waals surface area (Å²) in [5.41, 5.74) is 6.59. The monoisotopic (exact) mass is 261 g/mol. The molecule has 4 nitrogen and oxygen atoms in total. The van der Waals surface area contributed by atoms with Crippen molar-refractivity contribution in [3.8, 4) is 0 Å². The van der Waals surface area contributed by atoms with Gasteiger partial charge in [-0.2, -0.15) is 5.10 Å². The van der Waals surface area contributed by atoms with E-state index in [9.17, 15) is 4.79 Å². The molecule has 3 aromatic carbocycles. The maximum absolute atomic E-state index is 11.6. The van der Waals surface area contributed by atoms with Gasteiger partial charge in [0.15, 0.2) is 5.69 Å². The van der Waals surface area contributed by atoms with Crippen LogP contribution in [0.3, 0.4) is 0 Å². The normalized spacial score (nSPS) is 11.4. The van der Waals surface area contributed by atoms with E-state index < -0.39 is 5.91 Å². The smallest absolute Gasteiger partial charge is 0.269 e. The number of benzene rings is 3. The Hall–Kier alpha value is -2.88. The Balaban J connectivity index is 2.41. The number of hydrogen-bond acceptors (Lipinski definition) is 2. The first-order chi connectivity index (χ1) is 9.77. The summed E-state index contributed by atoms with van der Waals surface area (Å²) in [7, 11) is 0. The molecule has 4 heteroatoms. The minimum atomic E-state index is -0.517. The van der Waals surface area contributed by atoms with Crippen molar-refractivity contribution < 1.29 is 4.79 Å². The molecule has 1 amide bonds. The summed E-state index contributed by atoms with van der Waals surface area (Å²) in [4.78, 5) is 11.6. The average Bonchev–Trinajstić information content (AvgIpc) is 2.93. The third kappa shape index (κ3) is 1.30. The van der Waals surface area contributed by atoms with Gasteiger partial charge in [-0.25, -0.2) is 0 Å². The van der Waals surface area contributed by atoms with E-state index >= 15 is 0 Å². The Morgan fingerprint density at radius 1 is 0.900 bits per heavy atom. The van der Waals surface area contributed by atoms with Crippen LogP contribution in [0.25, 0.3) is 32.4 Å². The van der Waals surface area contributed by atoms with Crippen LogP contribution in [0.4, 0.5) is 0 Å². The molecule has 4 aromatic rings. The summed E-state index contributed by atoms with van der Waals surface area (Å²) in [6.07, 6.45) is 0. The second-order valence-corrected chi connectivity index (χ2v) is 4.78. The number of carbonyl (C=O) groups is 1. The lowest BCUT2D eigenvalue weighted by Gasteiger charge is -2.06. The molecule has 0 aliphatic heterocycles. The second kappa shape index (κ2) is 3.81. The summed E-state index contributed by atoms with van der Waals surface area (Å²) in [6, 6.07) is 16.1. The molecule has 0 aliphatic rings. The van der Waals surface area contributed by atoms with Gasteiger partial charge in [-0.3, -0.25) is 9.89 Å². The van der Waals surface area contributed by atoms with Gasteiger partial charge in [0.1, 0.15) is 0 Å². The number of aromatic amines is 1. The van der Waals surface area contributed by atoms with Crippen LogP contribution in [0, 0.1) is 0 Å². The summed E-state index contributed by atoms with van der Waals surface area (Å²) in [5, 5.41) is 12.1. The number of aromatic nitrogens is 2. The number of nitrogens with one attached hydrogen (secondary N) is 1. The second-order valence-electron chi connectivity index (χ2n) is 4.78. The predicted molar refractivity (Wildman–Crippen MR) is 79.6 cm³/mol. The minimum Gasteiger partial charge on any atom is -0.364 e. The van der Waals surface area contributed by atoms with E-state index in [1.165, 1.54) is 0 Å². The molecule has 0 atom stereocenters. The van der Waals surface area contributed by atoms with Gasteiger partial charge in [-0.05, 0) is 16.2 Å². The van der Waals surface area contributed by atoms with Crippen LogP contribution in [0.15, 0.2) is 48.5 Å². The largest absolute Gasteiger partial charge is 0.364 e. The molecule has 0 radical (unpaired) electrons. The highest BCUT2D eigenvalue weighted by Gasteiger charge is 2.16. The first-order valence-electron chi connectivity index (χ1n) is 6.34. The van der Waals surface area contributed by atoms with Crippen molar-refractivity contribution in [2.45, 2.75) is 0 Å². The molecule has 1 aromatic heterocycles. The SMILES string of the molecule is NC(=O)c1n[nH]c2c3ccccc3c3ccccc3c12. The van der Waals surface area contributed by atoms with E-state index in [0.717, 1.165) is 32.4 Å². The molecule has 0 spiro atoms. The third-order valence-corrected chi connectivity index (χ3v) is 3.68. The number of rotatable bonds is 1. The van der Waals surface area contributed by atoms with E-state index in [4.69, 9.17) is 5.73 Å². The van der Waals surface area contributed by atoms with Crippen molar-refractivity contribution in [3.63, 3.8) is 0 Å². The average molecular weight is 261 g/mol. The zero-order chi connectivity index (χ0) is 13.7. The zero-order valence-electron chi connectivity index (χ0n) is 10.6. The van der Waals surface area contributed by atoms with Crippen LogP contribution >= 0.6 is 0 Å². The van der Waals surface area contributed by atoms with E-state index in [1.807, 2.05) is 36.4 Å². The molecule has 0 aliphatic carbocycles. The molecular formula is C16H11N3O. The van der Waals surface area contributed by atoms with Crippen molar-refractivity contribution in [2.75, 3.05) is 0 Å². The summed E-state index contributed by atoms with van der Waals surface area (Å²) >= 11 is 0. The summed E-state index contributed by atoms with van der Waals surface area (Å²) in [6.45, 7) is 0. The summed E-state index contributed by atoms with van der Waals surface area (Å²) < 4.78 is 0. The lowest BCUT2D eigenvalue weighted by molar-refractivity contribution is 0.0997. The standard InChI is InChI=1S/C16H11N3O/c17-16(20)15-13-11-7-3-1-5-9(11)10-6-2-4-8-12(10)14(13)18-19-15/h1-8H,(H2,17,20)(H,18,19). The topological polar surface area (TPSA) is 71.8 Å². The molecule has 0 saturated heterocycles. The first-order valence-corrected chi connectivity index (χ1v) is 6.34. The Bertz CT molecular complexity index is 985. The molecular weight excluding hydrogens is 250 g/mol. The van der Waals surface area contributed by atoms with Gasteiger partial charge in [-0.15, -0.1) is 0 Å². The van der Waals surface area contributed by atoms with Crippen LogP contribution in [0.1, 0.15) is 10.5 Å². The van der Waals surface area contributed by atoms with Crippen molar-refractivity contribution in [1.29, 1.82) is 0 Å². The fraction of sp³-hybridized carbons (Fsp3) is 0. The van der Waals surface area contributed by atoms with Crippen LogP contribution in [-0.2, 0) is 0 Å². The number of H-pyrrole nitrogens is 1. The number of hydrogen-bond donors (Lipinski definition) is 2. The molecule has 1 heterocycles. The number of nitrogens with two attached hydrogens (primary N) is 1. The highest BCUT2D eigenvalue weighted by atomic mass is 16.1. The van der Waals surface area contributed by atoms with Crippen LogP contribution in [0.2, 0.25) is 0 Å². The van der Waals surface area contributed by atoms with Crippen LogP contribution in [0.5, 0.6) is 0 Å². The zero-order valence-corrected chi connectivity index (χ0v) is 10.6. The molecule has 20 heavy (non-hydrogen) atoms. The number of carbonyl (C=O) groups excluding carboxylic acids is 1. The minimum absolute atomic E-state index is 0.293. The van der Waals surface area contributed by atoms with Gasteiger partial charge in [0.05, 0.1) is 5.52 Å². The molecule has 0 fully saturated rings. The Morgan fingerprint density at radius 2 is 1.45 bits per heavy atom. The summed E-state index contributed by atoms with van der Waals surface area (Å²) in [5.74, 6) is -0.517. The molecule has 4 rings (SSSR count). The van der Waals surface area contributed by atoms with Gasteiger partial charge < -0.3 is 5.73 Å². The third-order valence-electron chi connectivity index (χ3n) is 3.68. The first kappa shape index (κ1) is 11.0. The Labute approximate surface area is 114 Å². The molecule has 0 bridgehead atoms. The van der Waals surface area contributed by atoms with Crippen molar-refractivity contribution >= 4 is 38.4 Å². The Kier molecular flexibility index (Phi) is 2.09. The van der Waals surface area contributed by atoms with E-state index in [1.54, 1.807) is 0 Å². The number of amides is 1. The van der Waals surface area contributed by atoms with Gasteiger partial charge in [0.25, 0.3) is 5.91 Å². The van der Waals surface area contributed by atoms with E-state index in [-0.39, 0.29) is 0 Å². The van der Waals surface area contributed by atoms with E-state index in [2.05, 4.69) is 22.3 Å². The highest BCUT2D eigenvalue weighted by molar-refractivity contribution is 6.27. The molecule has 0 unspecified atom stereocenters. The van der Waals surface area contributed by atoms with Gasteiger partial charge in [0, 0.05) is 10.8 Å². The van der Waals surface area contributed by atoms with Gasteiger partial charge >= 0.3 is 0 Å². The predicted octanol–water partition coefficient (Wildman–Crippen LogP) is 2.97. The fourth-order valence-corrected chi connectivity index (χ4v) is 2.85. The maximum Gasteiger partial charge on any atom is 0.269 e. The molecule has 96 valence electrons. The molecule has 0 saturated carbocycles. The van der Waals surface area contributed by atoms with Gasteiger partial charge in [-0.1, -0.05) is 48.5 Å². The van der Waals surface area contributed by atoms with E-state index in [0.29, 0.717) is 5.69 Å². The van der Waals surface area contributed by atoms with Gasteiger partial charge in [0.2, 0.25) is 0 Å². The lowest BCUT2D eigenvalue weighted by atomic mass is 9.97. The lowest BCUT2D eigenvalue weighted by Crippen LogP contribution is -2.11.